The molecule has 0 bridgehead atoms. The Hall–Kier alpha value is -2.96. The van der Waals surface area contributed by atoms with E-state index in [9.17, 15) is 9.90 Å². The maximum atomic E-state index is 10.9. The molecule has 3 aromatic rings. The van der Waals surface area contributed by atoms with Gasteiger partial charge in [-0.25, -0.2) is 5.10 Å². The highest BCUT2D eigenvalue weighted by molar-refractivity contribution is 5.59. The summed E-state index contributed by atoms with van der Waals surface area (Å²) in [6.45, 7) is 0. The van der Waals surface area contributed by atoms with E-state index in [-0.39, 0.29) is 17.2 Å². The highest BCUT2D eigenvalue weighted by Gasteiger charge is 2.12. The molecule has 0 aliphatic heterocycles. The van der Waals surface area contributed by atoms with Crippen molar-refractivity contribution in [2.24, 2.45) is 0 Å². The molecule has 0 amide bonds. The largest absolute Gasteiger partial charge is 0.508 e. The van der Waals surface area contributed by atoms with Gasteiger partial charge in [-0.1, -0.05) is 17.3 Å². The molecule has 0 radical (unpaired) electrons. The minimum absolute atomic E-state index is 0.117. The smallest absolute Gasteiger partial charge is 0.278 e. The molecule has 0 fully saturated rings. The third-order valence-electron chi connectivity index (χ3n) is 2.43. The standard InChI is InChI=1S/C12H8N4O3/c17-8-3-1-2-7(6-8)11-13-12(19-16-11)9-4-5-10(18)15-14-9/h1-6,17H,(H,15,18). The van der Waals surface area contributed by atoms with Crippen LogP contribution >= 0.6 is 0 Å². The number of rotatable bonds is 2. The molecule has 0 atom stereocenters. The van der Waals surface area contributed by atoms with E-state index in [1.54, 1.807) is 18.2 Å². The molecule has 7 nitrogen and oxygen atoms in total. The summed E-state index contributed by atoms with van der Waals surface area (Å²) in [6, 6.07) is 9.30. The van der Waals surface area contributed by atoms with E-state index in [0.717, 1.165) is 0 Å². The molecule has 7 heteroatoms. The summed E-state index contributed by atoms with van der Waals surface area (Å²) < 4.78 is 5.06. The monoisotopic (exact) mass is 256 g/mol. The summed E-state index contributed by atoms with van der Waals surface area (Å²) in [5.74, 6) is 0.638. The molecule has 0 unspecified atom stereocenters. The highest BCUT2D eigenvalue weighted by Crippen LogP contribution is 2.22. The van der Waals surface area contributed by atoms with Crippen LogP contribution in [-0.4, -0.2) is 25.4 Å². The molecule has 2 heterocycles. The van der Waals surface area contributed by atoms with E-state index in [1.807, 2.05) is 0 Å². The van der Waals surface area contributed by atoms with Crippen molar-refractivity contribution in [1.29, 1.82) is 0 Å². The van der Waals surface area contributed by atoms with Crippen LogP contribution in [-0.2, 0) is 0 Å². The molecular weight excluding hydrogens is 248 g/mol. The van der Waals surface area contributed by atoms with Crippen molar-refractivity contribution in [3.63, 3.8) is 0 Å². The summed E-state index contributed by atoms with van der Waals surface area (Å²) in [5.41, 5.74) is 0.689. The zero-order valence-electron chi connectivity index (χ0n) is 9.57. The molecule has 19 heavy (non-hydrogen) atoms. The van der Waals surface area contributed by atoms with Gasteiger partial charge >= 0.3 is 0 Å². The lowest BCUT2D eigenvalue weighted by Gasteiger charge is -1.94. The number of benzene rings is 1. The lowest BCUT2D eigenvalue weighted by Crippen LogP contribution is -2.05. The van der Waals surface area contributed by atoms with Crippen LogP contribution < -0.4 is 5.56 Å². The first kappa shape index (κ1) is 11.1. The number of H-pyrrole nitrogens is 1. The topological polar surface area (TPSA) is 105 Å². The van der Waals surface area contributed by atoms with E-state index in [0.29, 0.717) is 17.1 Å². The van der Waals surface area contributed by atoms with Crippen LogP contribution in [0.4, 0.5) is 0 Å². The van der Waals surface area contributed by atoms with Gasteiger partial charge in [0.15, 0.2) is 0 Å². The molecule has 0 aliphatic carbocycles. The minimum Gasteiger partial charge on any atom is -0.508 e. The summed E-state index contributed by atoms with van der Waals surface area (Å²) in [5, 5.41) is 19.3. The predicted octanol–water partition coefficient (Wildman–Crippen LogP) is 1.19. The Morgan fingerprint density at radius 3 is 2.84 bits per heavy atom. The summed E-state index contributed by atoms with van der Waals surface area (Å²) in [4.78, 5) is 15.1. The van der Waals surface area contributed by atoms with Gasteiger partial charge in [0.25, 0.3) is 11.4 Å². The van der Waals surface area contributed by atoms with E-state index >= 15 is 0 Å². The number of phenolic OH excluding ortho intramolecular Hbond substituents is 1. The van der Waals surface area contributed by atoms with Crippen molar-refractivity contribution < 1.29 is 9.63 Å². The third kappa shape index (κ3) is 2.21. The van der Waals surface area contributed by atoms with Crippen LogP contribution in [0.3, 0.4) is 0 Å². The van der Waals surface area contributed by atoms with Gasteiger partial charge in [0.2, 0.25) is 5.82 Å². The van der Waals surface area contributed by atoms with Crippen LogP contribution in [0.5, 0.6) is 5.75 Å². The number of nitrogens with one attached hydrogen (secondary N) is 1. The quantitative estimate of drug-likeness (QED) is 0.713. The molecule has 1 aromatic carbocycles. The Morgan fingerprint density at radius 1 is 1.21 bits per heavy atom. The van der Waals surface area contributed by atoms with Gasteiger partial charge in [-0.2, -0.15) is 10.1 Å². The molecule has 2 aromatic heterocycles. The van der Waals surface area contributed by atoms with Crippen molar-refractivity contribution in [2.75, 3.05) is 0 Å². The van der Waals surface area contributed by atoms with Gasteiger partial charge < -0.3 is 9.63 Å². The first-order valence-corrected chi connectivity index (χ1v) is 5.41. The second-order valence-electron chi connectivity index (χ2n) is 3.78. The molecule has 2 N–H and O–H groups in total. The van der Waals surface area contributed by atoms with Crippen molar-refractivity contribution in [3.8, 4) is 28.7 Å². The average Bonchev–Trinajstić information content (AvgIpc) is 2.89. The third-order valence-corrected chi connectivity index (χ3v) is 2.43. The first-order valence-electron chi connectivity index (χ1n) is 5.41. The van der Waals surface area contributed by atoms with Crippen molar-refractivity contribution in [3.05, 3.63) is 46.8 Å². The number of aromatic nitrogens is 4. The summed E-state index contributed by atoms with van der Waals surface area (Å²) >= 11 is 0. The molecular formula is C12H8N4O3. The number of hydrogen-bond donors (Lipinski definition) is 2. The van der Waals surface area contributed by atoms with Gasteiger partial charge in [0.05, 0.1) is 0 Å². The van der Waals surface area contributed by atoms with Crippen LogP contribution in [0.15, 0.2) is 45.7 Å². The highest BCUT2D eigenvalue weighted by atomic mass is 16.5. The SMILES string of the molecule is O=c1ccc(-c2nc(-c3cccc(O)c3)no2)n[nH]1. The van der Waals surface area contributed by atoms with E-state index in [4.69, 9.17) is 4.52 Å². The molecule has 0 saturated heterocycles. The second-order valence-corrected chi connectivity index (χ2v) is 3.78. The number of phenols is 1. The fourth-order valence-corrected chi connectivity index (χ4v) is 1.55. The Bertz CT molecular complexity index is 758. The van der Waals surface area contributed by atoms with Crippen LogP contribution in [0.25, 0.3) is 23.0 Å². The van der Waals surface area contributed by atoms with Crippen LogP contribution in [0.2, 0.25) is 0 Å². The molecule has 0 spiro atoms. The molecule has 94 valence electrons. The number of aromatic amines is 1. The summed E-state index contributed by atoms with van der Waals surface area (Å²) in [6.07, 6.45) is 0. The Morgan fingerprint density at radius 2 is 2.11 bits per heavy atom. The van der Waals surface area contributed by atoms with Crippen LogP contribution in [0.1, 0.15) is 0 Å². The van der Waals surface area contributed by atoms with Crippen molar-refractivity contribution >= 4 is 0 Å². The van der Waals surface area contributed by atoms with E-state index in [2.05, 4.69) is 20.3 Å². The fraction of sp³-hybridized carbons (Fsp3) is 0. The lowest BCUT2D eigenvalue weighted by molar-refractivity contribution is 0.430. The van der Waals surface area contributed by atoms with Gasteiger partial charge in [-0.15, -0.1) is 0 Å². The second kappa shape index (κ2) is 4.37. The van der Waals surface area contributed by atoms with E-state index < -0.39 is 0 Å². The molecule has 3 rings (SSSR count). The molecule has 0 aliphatic rings. The Labute approximate surface area is 106 Å². The van der Waals surface area contributed by atoms with Gasteiger partial charge in [-0.05, 0) is 18.2 Å². The number of hydrogen-bond acceptors (Lipinski definition) is 6. The van der Waals surface area contributed by atoms with Crippen LogP contribution in [0, 0.1) is 0 Å². The first-order chi connectivity index (χ1) is 9.22. The fourth-order valence-electron chi connectivity index (χ4n) is 1.55. The number of nitrogens with zero attached hydrogens (tertiary/aromatic N) is 3. The average molecular weight is 256 g/mol. The summed E-state index contributed by atoms with van der Waals surface area (Å²) in [7, 11) is 0. The maximum absolute atomic E-state index is 10.9. The maximum Gasteiger partial charge on any atom is 0.278 e. The lowest BCUT2D eigenvalue weighted by atomic mass is 10.2. The van der Waals surface area contributed by atoms with Gasteiger partial charge in [-0.3, -0.25) is 4.79 Å². The van der Waals surface area contributed by atoms with Crippen molar-refractivity contribution in [2.45, 2.75) is 0 Å². The number of aromatic hydroxyl groups is 1. The Balaban J connectivity index is 1.99. The zero-order chi connectivity index (χ0) is 13.2. The minimum atomic E-state index is -0.309. The van der Waals surface area contributed by atoms with Crippen molar-refractivity contribution in [1.82, 2.24) is 20.3 Å². The molecule has 0 saturated carbocycles. The van der Waals surface area contributed by atoms with Gasteiger partial charge in [0.1, 0.15) is 11.4 Å². The zero-order valence-corrected chi connectivity index (χ0v) is 9.57. The normalized spacial score (nSPS) is 10.5. The predicted molar refractivity (Wildman–Crippen MR) is 65.3 cm³/mol. The van der Waals surface area contributed by atoms with Gasteiger partial charge in [0, 0.05) is 11.6 Å². The Kier molecular flexibility index (Phi) is 2.57. The van der Waals surface area contributed by atoms with E-state index in [1.165, 1.54) is 18.2 Å².